The smallest absolute Gasteiger partial charge is 0.422 e. The third-order valence-corrected chi connectivity index (χ3v) is 5.09. The van der Waals surface area contributed by atoms with Gasteiger partial charge in [0.1, 0.15) is 5.75 Å². The molecule has 0 radical (unpaired) electrons. The molecule has 0 saturated heterocycles. The molecule has 132 valence electrons. The number of carbonyl (C=O) groups is 1. The number of benzene rings is 2. The number of rotatable bonds is 4. The lowest BCUT2D eigenvalue weighted by Gasteiger charge is -2.16. The van der Waals surface area contributed by atoms with Crippen LogP contribution in [0.25, 0.3) is 0 Å². The van der Waals surface area contributed by atoms with E-state index in [1.165, 1.54) is 30.0 Å². The highest BCUT2D eigenvalue weighted by Gasteiger charge is 2.30. The minimum Gasteiger partial charge on any atom is -0.482 e. The van der Waals surface area contributed by atoms with Crippen LogP contribution in [0.2, 0.25) is 5.02 Å². The summed E-state index contributed by atoms with van der Waals surface area (Å²) in [5.41, 5.74) is 1.24. The predicted molar refractivity (Wildman–Crippen MR) is 91.4 cm³/mol. The van der Waals surface area contributed by atoms with E-state index in [4.69, 9.17) is 16.3 Å². The number of anilines is 1. The summed E-state index contributed by atoms with van der Waals surface area (Å²) in [6, 6.07) is 11.9. The molecule has 1 amide bonds. The monoisotopic (exact) mass is 387 g/mol. The quantitative estimate of drug-likeness (QED) is 0.807. The van der Waals surface area contributed by atoms with Crippen molar-refractivity contribution in [2.45, 2.75) is 22.7 Å². The normalized spacial score (nSPS) is 16.4. The summed E-state index contributed by atoms with van der Waals surface area (Å²) in [7, 11) is 0. The molecule has 2 aromatic carbocycles. The van der Waals surface area contributed by atoms with E-state index in [1.54, 1.807) is 0 Å². The maximum absolute atomic E-state index is 12.5. The Balaban J connectivity index is 1.71. The molecule has 25 heavy (non-hydrogen) atoms. The van der Waals surface area contributed by atoms with E-state index < -0.39 is 12.8 Å². The maximum Gasteiger partial charge on any atom is 0.422 e. The van der Waals surface area contributed by atoms with Crippen LogP contribution in [0.1, 0.15) is 5.56 Å². The molecule has 1 unspecified atom stereocenters. The summed E-state index contributed by atoms with van der Waals surface area (Å²) in [4.78, 5) is 13.5. The molecule has 1 aliphatic heterocycles. The van der Waals surface area contributed by atoms with E-state index in [-0.39, 0.29) is 27.6 Å². The first-order valence-corrected chi connectivity index (χ1v) is 8.62. The summed E-state index contributed by atoms with van der Waals surface area (Å²) < 4.78 is 41.9. The molecule has 2 aromatic rings. The summed E-state index contributed by atoms with van der Waals surface area (Å²) >= 11 is 7.24. The lowest BCUT2D eigenvalue weighted by molar-refractivity contribution is -0.153. The number of alkyl halides is 3. The number of hydrogen-bond donors (Lipinski definition) is 1. The first-order valence-electron chi connectivity index (χ1n) is 7.36. The maximum atomic E-state index is 12.5. The second-order valence-corrected chi connectivity index (χ2v) is 7.13. The second-order valence-electron chi connectivity index (χ2n) is 5.45. The van der Waals surface area contributed by atoms with Gasteiger partial charge in [-0.25, -0.2) is 0 Å². The Bertz CT molecular complexity index is 773. The van der Waals surface area contributed by atoms with Crippen molar-refractivity contribution < 1.29 is 22.7 Å². The Hall–Kier alpha value is -1.86. The number of amides is 1. The van der Waals surface area contributed by atoms with Crippen molar-refractivity contribution >= 4 is 35.0 Å². The van der Waals surface area contributed by atoms with Crippen molar-refractivity contribution in [1.29, 1.82) is 0 Å². The van der Waals surface area contributed by atoms with Gasteiger partial charge in [0.15, 0.2) is 6.61 Å². The van der Waals surface area contributed by atoms with E-state index in [2.05, 4.69) is 5.32 Å². The van der Waals surface area contributed by atoms with Crippen molar-refractivity contribution in [2.24, 2.45) is 0 Å². The second kappa shape index (κ2) is 7.17. The molecule has 0 aliphatic carbocycles. The number of nitrogens with one attached hydrogen (secondary N) is 1. The predicted octanol–water partition coefficient (Wildman–Crippen LogP) is 4.94. The number of hydrogen-bond acceptors (Lipinski definition) is 3. The Labute approximate surface area is 151 Å². The minimum atomic E-state index is -4.48. The van der Waals surface area contributed by atoms with Crippen LogP contribution in [0.3, 0.4) is 0 Å². The van der Waals surface area contributed by atoms with Crippen LogP contribution >= 0.6 is 23.4 Å². The molecule has 1 aliphatic rings. The largest absolute Gasteiger partial charge is 0.482 e. The van der Waals surface area contributed by atoms with E-state index in [0.29, 0.717) is 6.42 Å². The van der Waals surface area contributed by atoms with Gasteiger partial charge in [0, 0.05) is 16.0 Å². The molecule has 3 rings (SSSR count). The van der Waals surface area contributed by atoms with Gasteiger partial charge in [0.25, 0.3) is 0 Å². The fourth-order valence-corrected chi connectivity index (χ4v) is 3.78. The SMILES string of the molecule is O=C(Nc1ccc(Cl)cc1OCC(F)(F)F)C1Cc2ccccc2S1. The summed E-state index contributed by atoms with van der Waals surface area (Å²) in [6.45, 7) is -1.46. The number of carbonyl (C=O) groups excluding carboxylic acids is 1. The van der Waals surface area contributed by atoms with Crippen molar-refractivity contribution in [2.75, 3.05) is 11.9 Å². The van der Waals surface area contributed by atoms with Gasteiger partial charge in [-0.05, 0) is 30.2 Å². The standard InChI is InChI=1S/C17H13ClF3NO2S/c18-11-5-6-12(13(8-11)24-9-17(19,20)21)22-16(23)15-7-10-3-1-2-4-14(10)25-15/h1-6,8,15H,7,9H2,(H,22,23). The van der Waals surface area contributed by atoms with E-state index in [1.807, 2.05) is 24.3 Å². The zero-order valence-electron chi connectivity index (χ0n) is 12.8. The molecule has 1 atom stereocenters. The third-order valence-electron chi connectivity index (χ3n) is 3.53. The van der Waals surface area contributed by atoms with Crippen LogP contribution in [0.4, 0.5) is 18.9 Å². The first kappa shape index (κ1) is 17.9. The van der Waals surface area contributed by atoms with Crippen LogP contribution in [0.5, 0.6) is 5.75 Å². The van der Waals surface area contributed by atoms with Crippen molar-refractivity contribution in [3.05, 3.63) is 53.1 Å². The van der Waals surface area contributed by atoms with Gasteiger partial charge in [0.2, 0.25) is 5.91 Å². The Morgan fingerprint density at radius 1 is 1.28 bits per heavy atom. The topological polar surface area (TPSA) is 38.3 Å². The summed E-state index contributed by atoms with van der Waals surface area (Å²) in [6.07, 6.45) is -3.91. The highest BCUT2D eigenvalue weighted by molar-refractivity contribution is 8.01. The first-order chi connectivity index (χ1) is 11.8. The van der Waals surface area contributed by atoms with Gasteiger partial charge in [-0.3, -0.25) is 4.79 Å². The number of thioether (sulfide) groups is 1. The average Bonchev–Trinajstić information content (AvgIpc) is 2.98. The Morgan fingerprint density at radius 2 is 2.04 bits per heavy atom. The highest BCUT2D eigenvalue weighted by atomic mass is 35.5. The highest BCUT2D eigenvalue weighted by Crippen LogP contribution is 2.38. The molecular formula is C17H13ClF3NO2S. The number of fused-ring (bicyclic) bond motifs is 1. The molecule has 1 N–H and O–H groups in total. The van der Waals surface area contributed by atoms with Gasteiger partial charge < -0.3 is 10.1 Å². The molecule has 3 nitrogen and oxygen atoms in total. The molecule has 0 aromatic heterocycles. The van der Waals surface area contributed by atoms with E-state index in [0.717, 1.165) is 10.5 Å². The number of ether oxygens (including phenoxy) is 1. The molecule has 8 heteroatoms. The number of halogens is 4. The zero-order chi connectivity index (χ0) is 18.0. The van der Waals surface area contributed by atoms with E-state index >= 15 is 0 Å². The Morgan fingerprint density at radius 3 is 2.76 bits per heavy atom. The molecule has 0 bridgehead atoms. The van der Waals surface area contributed by atoms with Crippen molar-refractivity contribution in [3.63, 3.8) is 0 Å². The average molecular weight is 388 g/mol. The summed E-state index contributed by atoms with van der Waals surface area (Å²) in [5, 5.41) is 2.52. The molecule has 1 heterocycles. The lowest BCUT2D eigenvalue weighted by atomic mass is 10.1. The van der Waals surface area contributed by atoms with Crippen LogP contribution < -0.4 is 10.1 Å². The van der Waals surface area contributed by atoms with E-state index in [9.17, 15) is 18.0 Å². The van der Waals surface area contributed by atoms with Crippen molar-refractivity contribution in [1.82, 2.24) is 0 Å². The molecule has 0 spiro atoms. The zero-order valence-corrected chi connectivity index (χ0v) is 14.3. The van der Waals surface area contributed by atoms with Gasteiger partial charge in [-0.1, -0.05) is 29.8 Å². The van der Waals surface area contributed by atoms with Gasteiger partial charge in [-0.15, -0.1) is 11.8 Å². The van der Waals surface area contributed by atoms with Crippen LogP contribution in [-0.2, 0) is 11.2 Å². The fourth-order valence-electron chi connectivity index (χ4n) is 2.42. The van der Waals surface area contributed by atoms with Crippen LogP contribution in [0, 0.1) is 0 Å². The van der Waals surface area contributed by atoms with Gasteiger partial charge in [-0.2, -0.15) is 13.2 Å². The van der Waals surface area contributed by atoms with Crippen LogP contribution in [-0.4, -0.2) is 23.9 Å². The molecule has 0 saturated carbocycles. The van der Waals surface area contributed by atoms with Gasteiger partial charge >= 0.3 is 6.18 Å². The fraction of sp³-hybridized carbons (Fsp3) is 0.235. The third kappa shape index (κ3) is 4.61. The lowest BCUT2D eigenvalue weighted by Crippen LogP contribution is -2.25. The van der Waals surface area contributed by atoms with Gasteiger partial charge in [0.05, 0.1) is 10.9 Å². The molecular weight excluding hydrogens is 375 g/mol. The minimum absolute atomic E-state index is 0.112. The molecule has 0 fully saturated rings. The Kier molecular flexibility index (Phi) is 5.15. The van der Waals surface area contributed by atoms with Crippen molar-refractivity contribution in [3.8, 4) is 5.75 Å². The van der Waals surface area contributed by atoms with Crippen LogP contribution in [0.15, 0.2) is 47.4 Å². The summed E-state index contributed by atoms with van der Waals surface area (Å²) in [5.74, 6) is -0.404.